The van der Waals surface area contributed by atoms with Gasteiger partial charge in [-0.05, 0) is 32.4 Å². The second-order valence-corrected chi connectivity index (χ2v) is 4.99. The zero-order chi connectivity index (χ0) is 14.7. The summed E-state index contributed by atoms with van der Waals surface area (Å²) in [6.07, 6.45) is 0.746. The van der Waals surface area contributed by atoms with E-state index in [-0.39, 0.29) is 29.6 Å². The fourth-order valence-electron chi connectivity index (χ4n) is 2.19. The Bertz CT molecular complexity index is 500. The zero-order valence-corrected chi connectivity index (χ0v) is 11.9. The minimum absolute atomic E-state index is 0.0807. The molecule has 20 heavy (non-hydrogen) atoms. The number of nitrogens with one attached hydrogen (secondary N) is 2. The SMILES string of the molecule is CNC(=O)c1ccc(NC2CCN(C(C)C)C2=O)nn1. The van der Waals surface area contributed by atoms with Crippen molar-refractivity contribution in [3.63, 3.8) is 0 Å². The summed E-state index contributed by atoms with van der Waals surface area (Å²) >= 11 is 0. The van der Waals surface area contributed by atoms with Gasteiger partial charge in [0.1, 0.15) is 11.9 Å². The van der Waals surface area contributed by atoms with Crippen LogP contribution in [0.25, 0.3) is 0 Å². The van der Waals surface area contributed by atoms with Crippen LogP contribution in [-0.2, 0) is 4.79 Å². The lowest BCUT2D eigenvalue weighted by molar-refractivity contribution is -0.129. The average Bonchev–Trinajstić information content (AvgIpc) is 2.80. The molecule has 2 N–H and O–H groups in total. The number of rotatable bonds is 4. The predicted octanol–water partition coefficient (Wildman–Crippen LogP) is 0.257. The van der Waals surface area contributed by atoms with Crippen LogP contribution >= 0.6 is 0 Å². The summed E-state index contributed by atoms with van der Waals surface area (Å²) in [4.78, 5) is 25.3. The van der Waals surface area contributed by atoms with Gasteiger partial charge in [-0.3, -0.25) is 9.59 Å². The molecule has 2 heterocycles. The second-order valence-electron chi connectivity index (χ2n) is 4.99. The minimum atomic E-state index is -0.285. The lowest BCUT2D eigenvalue weighted by Gasteiger charge is -2.21. The summed E-state index contributed by atoms with van der Waals surface area (Å²) in [6, 6.07) is 3.17. The first-order valence-electron chi connectivity index (χ1n) is 6.65. The molecule has 1 unspecified atom stereocenters. The largest absolute Gasteiger partial charge is 0.357 e. The summed E-state index contributed by atoms with van der Waals surface area (Å²) in [5.74, 6) is 0.297. The molecule has 108 valence electrons. The molecular formula is C13H19N5O2. The Hall–Kier alpha value is -2.18. The van der Waals surface area contributed by atoms with Crippen molar-refractivity contribution in [1.82, 2.24) is 20.4 Å². The molecule has 0 bridgehead atoms. The van der Waals surface area contributed by atoms with Crippen molar-refractivity contribution in [2.24, 2.45) is 0 Å². The van der Waals surface area contributed by atoms with Crippen LogP contribution in [0.1, 0.15) is 30.8 Å². The smallest absolute Gasteiger partial charge is 0.271 e. The van der Waals surface area contributed by atoms with Crippen molar-refractivity contribution in [2.45, 2.75) is 32.4 Å². The molecule has 1 atom stereocenters. The molecule has 0 aliphatic carbocycles. The van der Waals surface area contributed by atoms with E-state index in [1.54, 1.807) is 12.1 Å². The molecule has 1 fully saturated rings. The Morgan fingerprint density at radius 2 is 2.15 bits per heavy atom. The van der Waals surface area contributed by atoms with Gasteiger partial charge in [-0.15, -0.1) is 10.2 Å². The number of nitrogens with zero attached hydrogens (tertiary/aromatic N) is 3. The number of carbonyl (C=O) groups excluding carboxylic acids is 2. The highest BCUT2D eigenvalue weighted by Gasteiger charge is 2.33. The molecule has 0 spiro atoms. The van der Waals surface area contributed by atoms with Gasteiger partial charge in [0, 0.05) is 19.6 Å². The molecule has 7 nitrogen and oxygen atoms in total. The van der Waals surface area contributed by atoms with Crippen LogP contribution in [0.15, 0.2) is 12.1 Å². The number of amides is 2. The Morgan fingerprint density at radius 1 is 1.40 bits per heavy atom. The maximum atomic E-state index is 12.1. The van der Waals surface area contributed by atoms with Gasteiger partial charge in [-0.2, -0.15) is 0 Å². The quantitative estimate of drug-likeness (QED) is 0.824. The van der Waals surface area contributed by atoms with Crippen LogP contribution in [0.5, 0.6) is 0 Å². The molecule has 1 aliphatic rings. The fraction of sp³-hybridized carbons (Fsp3) is 0.538. The normalized spacial score (nSPS) is 18.5. The molecule has 0 saturated carbocycles. The van der Waals surface area contributed by atoms with Crippen molar-refractivity contribution in [2.75, 3.05) is 18.9 Å². The number of anilines is 1. The zero-order valence-electron chi connectivity index (χ0n) is 11.9. The van der Waals surface area contributed by atoms with Gasteiger partial charge in [0.05, 0.1) is 0 Å². The van der Waals surface area contributed by atoms with E-state index < -0.39 is 0 Å². The van der Waals surface area contributed by atoms with Crippen molar-refractivity contribution >= 4 is 17.6 Å². The standard InChI is InChI=1S/C13H19N5O2/c1-8(2)18-7-6-10(13(18)20)15-11-5-4-9(16-17-11)12(19)14-3/h4-5,8,10H,6-7H2,1-3H3,(H,14,19)(H,15,17). The average molecular weight is 277 g/mol. The molecule has 1 aromatic rings. The highest BCUT2D eigenvalue weighted by atomic mass is 16.2. The van der Waals surface area contributed by atoms with Crippen molar-refractivity contribution in [3.8, 4) is 0 Å². The molecular weight excluding hydrogens is 258 g/mol. The topological polar surface area (TPSA) is 87.2 Å². The van der Waals surface area contributed by atoms with Crippen molar-refractivity contribution < 1.29 is 9.59 Å². The first-order valence-corrected chi connectivity index (χ1v) is 6.65. The second kappa shape index (κ2) is 5.85. The molecule has 2 amide bonds. The Labute approximate surface area is 117 Å². The van der Waals surface area contributed by atoms with Crippen LogP contribution < -0.4 is 10.6 Å². The van der Waals surface area contributed by atoms with Gasteiger partial charge in [0.2, 0.25) is 5.91 Å². The van der Waals surface area contributed by atoms with Crippen LogP contribution in [-0.4, -0.2) is 52.6 Å². The monoisotopic (exact) mass is 277 g/mol. The first kappa shape index (κ1) is 14.2. The summed E-state index contributed by atoms with van der Waals surface area (Å²) < 4.78 is 0. The third-order valence-corrected chi connectivity index (χ3v) is 3.31. The van der Waals surface area contributed by atoms with Crippen LogP contribution in [0.2, 0.25) is 0 Å². The van der Waals surface area contributed by atoms with E-state index in [0.29, 0.717) is 5.82 Å². The minimum Gasteiger partial charge on any atom is -0.357 e. The van der Waals surface area contributed by atoms with Crippen LogP contribution in [0, 0.1) is 0 Å². The van der Waals surface area contributed by atoms with E-state index in [1.807, 2.05) is 18.7 Å². The van der Waals surface area contributed by atoms with E-state index in [2.05, 4.69) is 20.8 Å². The Balaban J connectivity index is 2.01. The van der Waals surface area contributed by atoms with Crippen molar-refractivity contribution in [1.29, 1.82) is 0 Å². The van der Waals surface area contributed by atoms with Gasteiger partial charge in [-0.25, -0.2) is 0 Å². The molecule has 0 radical (unpaired) electrons. The number of carbonyl (C=O) groups is 2. The molecule has 0 aromatic carbocycles. The van der Waals surface area contributed by atoms with Gasteiger partial charge < -0.3 is 15.5 Å². The summed E-state index contributed by atoms with van der Waals surface area (Å²) in [7, 11) is 1.54. The van der Waals surface area contributed by atoms with Crippen LogP contribution in [0.3, 0.4) is 0 Å². The number of hydrogen-bond acceptors (Lipinski definition) is 5. The molecule has 7 heteroatoms. The first-order chi connectivity index (χ1) is 9.52. The lowest BCUT2D eigenvalue weighted by atomic mass is 10.2. The van der Waals surface area contributed by atoms with E-state index in [9.17, 15) is 9.59 Å². The third kappa shape index (κ3) is 2.87. The van der Waals surface area contributed by atoms with Gasteiger partial charge in [-0.1, -0.05) is 0 Å². The summed E-state index contributed by atoms with van der Waals surface area (Å²) in [5, 5.41) is 13.3. The molecule has 1 aromatic heterocycles. The number of aromatic nitrogens is 2. The van der Waals surface area contributed by atoms with Crippen molar-refractivity contribution in [3.05, 3.63) is 17.8 Å². The Morgan fingerprint density at radius 3 is 2.65 bits per heavy atom. The predicted molar refractivity (Wildman–Crippen MR) is 74.3 cm³/mol. The highest BCUT2D eigenvalue weighted by Crippen LogP contribution is 2.17. The highest BCUT2D eigenvalue weighted by molar-refractivity contribution is 5.92. The van der Waals surface area contributed by atoms with Gasteiger partial charge >= 0.3 is 0 Å². The molecule has 1 saturated heterocycles. The summed E-state index contributed by atoms with van der Waals surface area (Å²) in [6.45, 7) is 4.74. The Kier molecular flexibility index (Phi) is 4.16. The van der Waals surface area contributed by atoms with E-state index in [4.69, 9.17) is 0 Å². The van der Waals surface area contributed by atoms with Crippen LogP contribution in [0.4, 0.5) is 5.82 Å². The molecule has 1 aliphatic heterocycles. The maximum absolute atomic E-state index is 12.1. The van der Waals surface area contributed by atoms with Gasteiger partial charge in [0.15, 0.2) is 5.69 Å². The fourth-order valence-corrected chi connectivity index (χ4v) is 2.19. The maximum Gasteiger partial charge on any atom is 0.271 e. The van der Waals surface area contributed by atoms with Gasteiger partial charge in [0.25, 0.3) is 5.91 Å². The number of hydrogen-bond donors (Lipinski definition) is 2. The van der Waals surface area contributed by atoms with E-state index >= 15 is 0 Å². The lowest BCUT2D eigenvalue weighted by Crippen LogP contribution is -2.37. The molecule has 2 rings (SSSR count). The summed E-state index contributed by atoms with van der Waals surface area (Å²) in [5.41, 5.74) is 0.250. The number of likely N-dealkylation sites (tertiary alicyclic amines) is 1. The van der Waals surface area contributed by atoms with E-state index in [1.165, 1.54) is 7.05 Å². The van der Waals surface area contributed by atoms with E-state index in [0.717, 1.165) is 13.0 Å². The third-order valence-electron chi connectivity index (χ3n) is 3.31.